The lowest BCUT2D eigenvalue weighted by molar-refractivity contribution is 0.163. The Morgan fingerprint density at radius 1 is 1.30 bits per heavy atom. The lowest BCUT2D eigenvalue weighted by atomic mass is 10.0. The largest absolute Gasteiger partial charge is 0.326 e. The average Bonchev–Trinajstić information content (AvgIpc) is 3.09. The van der Waals surface area contributed by atoms with E-state index in [4.69, 9.17) is 17.3 Å². The van der Waals surface area contributed by atoms with E-state index in [9.17, 15) is 0 Å². The topological polar surface area (TPSA) is 29.3 Å². The van der Waals surface area contributed by atoms with Crippen LogP contribution in [0.5, 0.6) is 0 Å². The minimum Gasteiger partial charge on any atom is -0.326 e. The van der Waals surface area contributed by atoms with Crippen LogP contribution < -0.4 is 5.73 Å². The SMILES string of the molecule is CCC(N)C(c1ccc(Cl)s1)N(C)C(C)c1cccs1. The molecule has 2 nitrogen and oxygen atoms in total. The van der Waals surface area contributed by atoms with E-state index in [1.807, 2.05) is 6.07 Å². The Hall–Kier alpha value is -0.390. The van der Waals surface area contributed by atoms with Crippen LogP contribution in [0.3, 0.4) is 0 Å². The van der Waals surface area contributed by atoms with Crippen molar-refractivity contribution < 1.29 is 0 Å². The highest BCUT2D eigenvalue weighted by Gasteiger charge is 2.28. The van der Waals surface area contributed by atoms with Crippen molar-refractivity contribution in [3.63, 3.8) is 0 Å². The second-order valence-corrected chi connectivity index (χ2v) is 7.74. The van der Waals surface area contributed by atoms with Crippen LogP contribution in [-0.4, -0.2) is 18.0 Å². The molecule has 2 aromatic rings. The van der Waals surface area contributed by atoms with Gasteiger partial charge in [-0.2, -0.15) is 0 Å². The number of hydrogen-bond acceptors (Lipinski definition) is 4. The molecule has 2 aromatic heterocycles. The molecule has 5 heteroatoms. The maximum absolute atomic E-state index is 6.38. The van der Waals surface area contributed by atoms with Gasteiger partial charge in [-0.05, 0) is 44.0 Å². The van der Waals surface area contributed by atoms with Crippen LogP contribution >= 0.6 is 34.3 Å². The van der Waals surface area contributed by atoms with E-state index in [2.05, 4.69) is 49.4 Å². The molecule has 2 rings (SSSR count). The molecule has 3 atom stereocenters. The number of nitrogens with zero attached hydrogens (tertiary/aromatic N) is 1. The Labute approximate surface area is 134 Å². The molecule has 0 saturated heterocycles. The predicted molar refractivity (Wildman–Crippen MR) is 90.8 cm³/mol. The standard InChI is InChI=1S/C15H21ClN2S2/c1-4-11(17)15(13-7-8-14(16)20-13)18(3)10(2)12-6-5-9-19-12/h5-11,15H,4,17H2,1-3H3. The molecule has 2 N–H and O–H groups in total. The Morgan fingerprint density at radius 2 is 2.05 bits per heavy atom. The third kappa shape index (κ3) is 3.43. The molecule has 0 aliphatic rings. The second-order valence-electron chi connectivity index (χ2n) is 5.02. The summed E-state index contributed by atoms with van der Waals surface area (Å²) in [6.45, 7) is 4.37. The summed E-state index contributed by atoms with van der Waals surface area (Å²) < 4.78 is 0.825. The molecule has 0 aliphatic carbocycles. The number of rotatable bonds is 6. The molecule has 0 aliphatic heterocycles. The third-order valence-electron chi connectivity index (χ3n) is 3.77. The molecule has 2 heterocycles. The van der Waals surface area contributed by atoms with Crippen LogP contribution in [0.25, 0.3) is 0 Å². The Kier molecular flexibility index (Phi) is 5.64. The summed E-state index contributed by atoms with van der Waals surface area (Å²) in [6, 6.07) is 9.00. The van der Waals surface area contributed by atoms with Gasteiger partial charge in [0.15, 0.2) is 0 Å². The van der Waals surface area contributed by atoms with Crippen molar-refractivity contribution in [1.29, 1.82) is 0 Å². The van der Waals surface area contributed by atoms with E-state index in [-0.39, 0.29) is 12.1 Å². The van der Waals surface area contributed by atoms with Gasteiger partial charge < -0.3 is 5.73 Å². The third-order valence-corrected chi connectivity index (χ3v) is 6.11. The maximum atomic E-state index is 6.38. The van der Waals surface area contributed by atoms with E-state index in [0.717, 1.165) is 10.8 Å². The maximum Gasteiger partial charge on any atom is 0.0931 e. The van der Waals surface area contributed by atoms with Gasteiger partial charge in [0.25, 0.3) is 0 Å². The number of nitrogens with two attached hydrogens (primary N) is 1. The van der Waals surface area contributed by atoms with Gasteiger partial charge in [-0.1, -0.05) is 24.6 Å². The van der Waals surface area contributed by atoms with Crippen LogP contribution in [0.2, 0.25) is 4.34 Å². The second kappa shape index (κ2) is 7.05. The fourth-order valence-corrected chi connectivity index (χ4v) is 4.52. The van der Waals surface area contributed by atoms with Gasteiger partial charge in [-0.25, -0.2) is 0 Å². The van der Waals surface area contributed by atoms with Crippen molar-refractivity contribution in [3.8, 4) is 0 Å². The van der Waals surface area contributed by atoms with Gasteiger partial charge in [0.2, 0.25) is 0 Å². The molecular formula is C15H21ClN2S2. The zero-order valence-corrected chi connectivity index (χ0v) is 14.4. The minimum atomic E-state index is 0.108. The van der Waals surface area contributed by atoms with Crippen LogP contribution in [0, 0.1) is 0 Å². The zero-order chi connectivity index (χ0) is 14.7. The molecule has 3 unspecified atom stereocenters. The van der Waals surface area contributed by atoms with E-state index in [1.165, 1.54) is 9.75 Å². The first-order chi connectivity index (χ1) is 9.54. The quantitative estimate of drug-likeness (QED) is 0.814. The van der Waals surface area contributed by atoms with Crippen LogP contribution in [0.15, 0.2) is 29.6 Å². The monoisotopic (exact) mass is 328 g/mol. The lowest BCUT2D eigenvalue weighted by Gasteiger charge is -2.35. The van der Waals surface area contributed by atoms with Crippen molar-refractivity contribution >= 4 is 34.3 Å². The van der Waals surface area contributed by atoms with E-state index >= 15 is 0 Å². The van der Waals surface area contributed by atoms with Gasteiger partial charge in [-0.3, -0.25) is 4.90 Å². The minimum absolute atomic E-state index is 0.108. The van der Waals surface area contributed by atoms with Crippen molar-refractivity contribution in [2.45, 2.75) is 38.4 Å². The molecule has 0 amide bonds. The van der Waals surface area contributed by atoms with Crippen molar-refractivity contribution in [1.82, 2.24) is 4.90 Å². The van der Waals surface area contributed by atoms with Gasteiger partial charge in [0.1, 0.15) is 0 Å². The first kappa shape index (κ1) is 16.0. The molecule has 0 aromatic carbocycles. The highest BCUT2D eigenvalue weighted by atomic mass is 35.5. The smallest absolute Gasteiger partial charge is 0.0931 e. The molecule has 0 radical (unpaired) electrons. The molecular weight excluding hydrogens is 308 g/mol. The molecule has 0 saturated carbocycles. The van der Waals surface area contributed by atoms with Gasteiger partial charge in [0, 0.05) is 21.8 Å². The summed E-state index contributed by atoms with van der Waals surface area (Å²) in [6.07, 6.45) is 0.946. The summed E-state index contributed by atoms with van der Waals surface area (Å²) in [5.41, 5.74) is 6.38. The lowest BCUT2D eigenvalue weighted by Crippen LogP contribution is -2.39. The number of likely N-dealkylation sites (N-methyl/N-ethyl adjacent to an activating group) is 1. The Balaban J connectivity index is 2.26. The van der Waals surface area contributed by atoms with Gasteiger partial charge in [0.05, 0.1) is 10.4 Å². The van der Waals surface area contributed by atoms with E-state index in [1.54, 1.807) is 22.7 Å². The molecule has 0 fully saturated rings. The van der Waals surface area contributed by atoms with Crippen LogP contribution in [0.1, 0.15) is 42.1 Å². The predicted octanol–water partition coefficient (Wildman–Crippen LogP) is 4.93. The van der Waals surface area contributed by atoms with Gasteiger partial charge in [-0.15, -0.1) is 22.7 Å². The van der Waals surface area contributed by atoms with Gasteiger partial charge >= 0.3 is 0 Å². The van der Waals surface area contributed by atoms with E-state index in [0.29, 0.717) is 6.04 Å². The summed E-state index contributed by atoms with van der Waals surface area (Å²) in [4.78, 5) is 4.97. The normalized spacial score (nSPS) is 16.3. The summed E-state index contributed by atoms with van der Waals surface area (Å²) in [7, 11) is 2.15. The summed E-state index contributed by atoms with van der Waals surface area (Å²) in [5, 5.41) is 2.12. The fraction of sp³-hybridized carbons (Fsp3) is 0.467. The highest BCUT2D eigenvalue weighted by molar-refractivity contribution is 7.16. The van der Waals surface area contributed by atoms with Crippen LogP contribution in [0.4, 0.5) is 0 Å². The van der Waals surface area contributed by atoms with Crippen molar-refractivity contribution in [2.24, 2.45) is 5.73 Å². The summed E-state index contributed by atoms with van der Waals surface area (Å²) >= 11 is 9.52. The Bertz CT molecular complexity index is 524. The number of thiophene rings is 2. The van der Waals surface area contributed by atoms with E-state index < -0.39 is 0 Å². The van der Waals surface area contributed by atoms with Crippen molar-refractivity contribution in [3.05, 3.63) is 43.7 Å². The molecule has 110 valence electrons. The number of halogens is 1. The molecule has 0 bridgehead atoms. The first-order valence-electron chi connectivity index (χ1n) is 6.80. The Morgan fingerprint density at radius 3 is 2.55 bits per heavy atom. The molecule has 0 spiro atoms. The first-order valence-corrected chi connectivity index (χ1v) is 8.88. The van der Waals surface area contributed by atoms with Crippen LogP contribution in [-0.2, 0) is 0 Å². The average molecular weight is 329 g/mol. The zero-order valence-electron chi connectivity index (χ0n) is 12.0. The number of hydrogen-bond donors (Lipinski definition) is 1. The fourth-order valence-electron chi connectivity index (χ4n) is 2.39. The van der Waals surface area contributed by atoms with Crippen molar-refractivity contribution in [2.75, 3.05) is 7.05 Å². The molecule has 20 heavy (non-hydrogen) atoms. The highest BCUT2D eigenvalue weighted by Crippen LogP contribution is 2.37. The summed E-state index contributed by atoms with van der Waals surface area (Å²) in [5.74, 6) is 0.